The first kappa shape index (κ1) is 15.3. The molecule has 2 rings (SSSR count). The van der Waals surface area contributed by atoms with Crippen molar-refractivity contribution in [2.45, 2.75) is 40.7 Å². The smallest absolute Gasteiger partial charge is 0.159 e. The van der Waals surface area contributed by atoms with Gasteiger partial charge in [-0.3, -0.25) is 0 Å². The Labute approximate surface area is 126 Å². The van der Waals surface area contributed by atoms with Crippen molar-refractivity contribution < 1.29 is 0 Å². The largest absolute Gasteiger partial charge is 0.312 e. The van der Waals surface area contributed by atoms with E-state index in [0.717, 1.165) is 30.0 Å². The number of pyridine rings is 1. The predicted molar refractivity (Wildman–Crippen MR) is 85.1 cm³/mol. The number of fused-ring (bicyclic) bond motifs is 1. The van der Waals surface area contributed by atoms with Crippen LogP contribution in [0.25, 0.3) is 11.2 Å². The molecule has 2 aromatic heterocycles. The molecule has 0 saturated carbocycles. The molecule has 110 valence electrons. The Kier molecular flexibility index (Phi) is 5.03. The quantitative estimate of drug-likeness (QED) is 0.749. The molecule has 0 aromatic carbocycles. The van der Waals surface area contributed by atoms with Gasteiger partial charge >= 0.3 is 0 Å². The Morgan fingerprint density at radius 2 is 1.90 bits per heavy atom. The highest BCUT2D eigenvalue weighted by atomic mass is 35.5. The molecule has 0 aliphatic rings. The number of aromatic nitrogens is 3. The van der Waals surface area contributed by atoms with Gasteiger partial charge in [-0.2, -0.15) is 0 Å². The summed E-state index contributed by atoms with van der Waals surface area (Å²) >= 11 is 5.92. The second-order valence-corrected chi connectivity index (χ2v) is 6.45. The SMILES string of the molecule is CC(C)C(Cn1c(CCCl)nc2cccnc21)C(C)C. The molecule has 0 unspecified atom stereocenters. The summed E-state index contributed by atoms with van der Waals surface area (Å²) in [5.74, 6) is 3.54. The lowest BCUT2D eigenvalue weighted by molar-refractivity contribution is 0.251. The zero-order valence-corrected chi connectivity index (χ0v) is 13.6. The fourth-order valence-electron chi connectivity index (χ4n) is 2.87. The fraction of sp³-hybridized carbons (Fsp3) is 0.625. The lowest BCUT2D eigenvalue weighted by Crippen LogP contribution is -2.23. The maximum Gasteiger partial charge on any atom is 0.159 e. The number of imidazole rings is 1. The van der Waals surface area contributed by atoms with E-state index in [2.05, 4.69) is 37.2 Å². The first-order chi connectivity index (χ1) is 9.54. The van der Waals surface area contributed by atoms with Crippen LogP contribution in [0.3, 0.4) is 0 Å². The van der Waals surface area contributed by atoms with Gasteiger partial charge < -0.3 is 4.57 Å². The normalized spacial score (nSPS) is 12.2. The van der Waals surface area contributed by atoms with Gasteiger partial charge in [-0.1, -0.05) is 27.7 Å². The van der Waals surface area contributed by atoms with Crippen LogP contribution in [0.5, 0.6) is 0 Å². The fourth-order valence-corrected chi connectivity index (χ4v) is 3.04. The minimum absolute atomic E-state index is 0.595. The Bertz CT molecular complexity index is 552. The minimum Gasteiger partial charge on any atom is -0.312 e. The molecule has 4 heteroatoms. The predicted octanol–water partition coefficient (Wildman–Crippen LogP) is 4.14. The molecule has 0 atom stereocenters. The number of nitrogens with zero attached hydrogens (tertiary/aromatic N) is 3. The van der Waals surface area contributed by atoms with Crippen LogP contribution in [-0.4, -0.2) is 20.4 Å². The average molecular weight is 294 g/mol. The molecule has 3 nitrogen and oxygen atoms in total. The van der Waals surface area contributed by atoms with E-state index < -0.39 is 0 Å². The van der Waals surface area contributed by atoms with E-state index in [-0.39, 0.29) is 0 Å². The molecular formula is C16H24ClN3. The molecule has 0 fully saturated rings. The highest BCUT2D eigenvalue weighted by Crippen LogP contribution is 2.25. The summed E-state index contributed by atoms with van der Waals surface area (Å²) in [5.41, 5.74) is 1.96. The third-order valence-corrected chi connectivity index (χ3v) is 4.20. The van der Waals surface area contributed by atoms with Crippen LogP contribution in [0.2, 0.25) is 0 Å². The third kappa shape index (κ3) is 3.14. The van der Waals surface area contributed by atoms with Gasteiger partial charge in [0.25, 0.3) is 0 Å². The first-order valence-corrected chi connectivity index (χ1v) is 7.94. The summed E-state index contributed by atoms with van der Waals surface area (Å²) in [6.07, 6.45) is 2.63. The van der Waals surface area contributed by atoms with Gasteiger partial charge in [-0.05, 0) is 29.9 Å². The highest BCUT2D eigenvalue weighted by Gasteiger charge is 2.21. The lowest BCUT2D eigenvalue weighted by Gasteiger charge is -2.26. The van der Waals surface area contributed by atoms with E-state index in [9.17, 15) is 0 Å². The lowest BCUT2D eigenvalue weighted by atomic mass is 9.85. The topological polar surface area (TPSA) is 30.7 Å². The van der Waals surface area contributed by atoms with Crippen molar-refractivity contribution in [2.24, 2.45) is 17.8 Å². The summed E-state index contributed by atoms with van der Waals surface area (Å²) in [4.78, 5) is 9.20. The number of hydrogen-bond acceptors (Lipinski definition) is 2. The molecule has 0 saturated heterocycles. The Morgan fingerprint density at radius 3 is 2.50 bits per heavy atom. The van der Waals surface area contributed by atoms with Crippen molar-refractivity contribution in [2.75, 3.05) is 5.88 Å². The van der Waals surface area contributed by atoms with Gasteiger partial charge in [0.2, 0.25) is 0 Å². The number of alkyl halides is 1. The first-order valence-electron chi connectivity index (χ1n) is 7.40. The molecule has 20 heavy (non-hydrogen) atoms. The third-order valence-electron chi connectivity index (χ3n) is 4.01. The molecule has 0 aliphatic carbocycles. The van der Waals surface area contributed by atoms with E-state index in [0.29, 0.717) is 23.6 Å². The minimum atomic E-state index is 0.595. The second-order valence-electron chi connectivity index (χ2n) is 6.08. The number of rotatable bonds is 6. The molecule has 0 radical (unpaired) electrons. The van der Waals surface area contributed by atoms with Crippen molar-refractivity contribution in [1.29, 1.82) is 0 Å². The molecule has 2 heterocycles. The van der Waals surface area contributed by atoms with Gasteiger partial charge in [0.1, 0.15) is 11.3 Å². The van der Waals surface area contributed by atoms with E-state index in [1.54, 1.807) is 0 Å². The summed E-state index contributed by atoms with van der Waals surface area (Å²) in [7, 11) is 0. The van der Waals surface area contributed by atoms with Crippen molar-refractivity contribution >= 4 is 22.8 Å². The van der Waals surface area contributed by atoms with Gasteiger partial charge in [0, 0.05) is 25.0 Å². The van der Waals surface area contributed by atoms with Crippen molar-refractivity contribution in [3.05, 3.63) is 24.2 Å². The van der Waals surface area contributed by atoms with Crippen LogP contribution in [0, 0.1) is 17.8 Å². The van der Waals surface area contributed by atoms with Gasteiger partial charge in [0.05, 0.1) is 0 Å². The standard InChI is InChI=1S/C16H24ClN3/c1-11(2)13(12(3)4)10-20-15(7-8-17)19-14-6-5-9-18-16(14)20/h5-6,9,11-13H,7-8,10H2,1-4H3. The summed E-state index contributed by atoms with van der Waals surface area (Å²) in [6.45, 7) is 10.1. The molecule has 0 amide bonds. The van der Waals surface area contributed by atoms with Crippen LogP contribution >= 0.6 is 11.6 Å². The molecule has 0 bridgehead atoms. The molecule has 2 aromatic rings. The summed E-state index contributed by atoms with van der Waals surface area (Å²) in [5, 5.41) is 0. The van der Waals surface area contributed by atoms with E-state index in [1.807, 2.05) is 18.3 Å². The number of halogens is 1. The summed E-state index contributed by atoms with van der Waals surface area (Å²) in [6, 6.07) is 3.96. The second kappa shape index (κ2) is 6.57. The number of aryl methyl sites for hydroxylation is 1. The average Bonchev–Trinajstić information content (AvgIpc) is 2.73. The molecule has 0 aliphatic heterocycles. The van der Waals surface area contributed by atoms with Crippen molar-refractivity contribution in [3.8, 4) is 0 Å². The van der Waals surface area contributed by atoms with Gasteiger partial charge in [0.15, 0.2) is 5.65 Å². The Hall–Kier alpha value is -1.09. The van der Waals surface area contributed by atoms with E-state index in [1.165, 1.54) is 0 Å². The number of hydrogen-bond donors (Lipinski definition) is 0. The van der Waals surface area contributed by atoms with Crippen LogP contribution in [0.1, 0.15) is 33.5 Å². The maximum atomic E-state index is 5.92. The van der Waals surface area contributed by atoms with Gasteiger partial charge in [-0.25, -0.2) is 9.97 Å². The van der Waals surface area contributed by atoms with Gasteiger partial charge in [-0.15, -0.1) is 11.6 Å². The highest BCUT2D eigenvalue weighted by molar-refractivity contribution is 6.17. The Morgan fingerprint density at radius 1 is 1.20 bits per heavy atom. The Balaban J connectivity index is 2.42. The molecule has 0 spiro atoms. The van der Waals surface area contributed by atoms with Crippen molar-refractivity contribution in [3.63, 3.8) is 0 Å². The van der Waals surface area contributed by atoms with Crippen LogP contribution in [0.4, 0.5) is 0 Å². The van der Waals surface area contributed by atoms with Crippen molar-refractivity contribution in [1.82, 2.24) is 14.5 Å². The van der Waals surface area contributed by atoms with Crippen LogP contribution in [0.15, 0.2) is 18.3 Å². The summed E-state index contributed by atoms with van der Waals surface area (Å²) < 4.78 is 2.27. The van der Waals surface area contributed by atoms with E-state index in [4.69, 9.17) is 16.6 Å². The molecule has 0 N–H and O–H groups in total. The van der Waals surface area contributed by atoms with Crippen LogP contribution < -0.4 is 0 Å². The molecular weight excluding hydrogens is 270 g/mol. The zero-order chi connectivity index (χ0) is 14.7. The maximum absolute atomic E-state index is 5.92. The monoisotopic (exact) mass is 293 g/mol. The zero-order valence-electron chi connectivity index (χ0n) is 12.8. The van der Waals surface area contributed by atoms with Crippen LogP contribution in [-0.2, 0) is 13.0 Å². The van der Waals surface area contributed by atoms with E-state index >= 15 is 0 Å².